The molecule has 1 aromatic heterocycles. The number of fused-ring (bicyclic) bond motifs is 1. The molecule has 0 spiro atoms. The molecule has 2 aliphatic rings. The van der Waals surface area contributed by atoms with Gasteiger partial charge in [-0.15, -0.1) is 0 Å². The highest BCUT2D eigenvalue weighted by molar-refractivity contribution is 5.97. The second-order valence-electron chi connectivity index (χ2n) is 6.89. The first-order chi connectivity index (χ1) is 12.2. The van der Waals surface area contributed by atoms with Crippen LogP contribution in [0.4, 0.5) is 10.1 Å². The van der Waals surface area contributed by atoms with Crippen LogP contribution in [-0.2, 0) is 11.3 Å². The molecule has 1 N–H and O–H groups in total. The van der Waals surface area contributed by atoms with E-state index in [1.165, 1.54) is 12.1 Å². The van der Waals surface area contributed by atoms with Crippen molar-refractivity contribution in [1.29, 1.82) is 0 Å². The summed E-state index contributed by atoms with van der Waals surface area (Å²) in [4.78, 5) is 19.0. The third kappa shape index (κ3) is 3.31. The first-order valence-electron chi connectivity index (χ1n) is 9.04. The van der Waals surface area contributed by atoms with E-state index in [0.717, 1.165) is 44.6 Å². The molecule has 2 atom stereocenters. The number of nitrogens with one attached hydrogen (secondary N) is 1. The van der Waals surface area contributed by atoms with Gasteiger partial charge in [0.15, 0.2) is 0 Å². The van der Waals surface area contributed by atoms with Gasteiger partial charge in [0, 0.05) is 43.6 Å². The van der Waals surface area contributed by atoms with Crippen LogP contribution in [0.1, 0.15) is 37.4 Å². The summed E-state index contributed by atoms with van der Waals surface area (Å²) in [6.45, 7) is 2.43. The molecule has 6 heteroatoms. The molecule has 1 saturated heterocycles. The number of imidazole rings is 1. The summed E-state index contributed by atoms with van der Waals surface area (Å²) in [6, 6.07) is 6.07. The highest BCUT2D eigenvalue weighted by Crippen LogP contribution is 2.26. The van der Waals surface area contributed by atoms with E-state index >= 15 is 0 Å². The fourth-order valence-electron chi connectivity index (χ4n) is 3.95. The molecule has 25 heavy (non-hydrogen) atoms. The van der Waals surface area contributed by atoms with Crippen molar-refractivity contribution in [2.75, 3.05) is 18.0 Å². The van der Waals surface area contributed by atoms with Crippen molar-refractivity contribution in [3.05, 3.63) is 48.3 Å². The zero-order valence-corrected chi connectivity index (χ0v) is 14.2. The second-order valence-corrected chi connectivity index (χ2v) is 6.89. The number of amides is 1. The Morgan fingerprint density at radius 2 is 2.12 bits per heavy atom. The zero-order chi connectivity index (χ0) is 17.2. The van der Waals surface area contributed by atoms with Gasteiger partial charge < -0.3 is 14.8 Å². The predicted octanol–water partition coefficient (Wildman–Crippen LogP) is 2.68. The predicted molar refractivity (Wildman–Crippen MR) is 94.0 cm³/mol. The highest BCUT2D eigenvalue weighted by Gasteiger charge is 2.31. The number of hydrogen-bond acceptors (Lipinski definition) is 3. The number of hydrogen-bond donors (Lipinski definition) is 1. The van der Waals surface area contributed by atoms with Crippen LogP contribution in [0, 0.1) is 5.82 Å². The Bertz CT molecular complexity index is 759. The molecule has 1 fully saturated rings. The van der Waals surface area contributed by atoms with Crippen LogP contribution in [0.5, 0.6) is 0 Å². The number of nitrogens with zero attached hydrogens (tertiary/aromatic N) is 3. The summed E-state index contributed by atoms with van der Waals surface area (Å²) >= 11 is 0. The highest BCUT2D eigenvalue weighted by atomic mass is 19.1. The maximum Gasteiger partial charge on any atom is 0.244 e. The lowest BCUT2D eigenvalue weighted by Crippen LogP contribution is -2.51. The van der Waals surface area contributed by atoms with Crippen molar-refractivity contribution in [3.8, 4) is 0 Å². The molecule has 0 unspecified atom stereocenters. The van der Waals surface area contributed by atoms with Crippen LogP contribution >= 0.6 is 0 Å². The average Bonchev–Trinajstić information content (AvgIpc) is 3.10. The molecule has 0 radical (unpaired) electrons. The maximum atomic E-state index is 13.5. The summed E-state index contributed by atoms with van der Waals surface area (Å²) < 4.78 is 15.7. The SMILES string of the molecule is O=C1[C@@H](NC[C@H]2CCCn3ccnc32)CCCN1c1cccc(F)c1. The standard InChI is InChI=1S/C19H23FN4O/c20-15-5-1-6-16(12-15)24-10-3-7-17(19(24)25)22-13-14-4-2-9-23-11-8-21-18(14)23/h1,5-6,8,11-12,14,17,22H,2-4,7,9-10,13H2/t14-,17+/m1/s1. The molecule has 1 amide bonds. The second kappa shape index (κ2) is 6.96. The smallest absolute Gasteiger partial charge is 0.244 e. The molecule has 2 aliphatic heterocycles. The van der Waals surface area contributed by atoms with Crippen LogP contribution in [0.15, 0.2) is 36.7 Å². The first kappa shape index (κ1) is 16.3. The van der Waals surface area contributed by atoms with Crippen LogP contribution in [0.25, 0.3) is 0 Å². The summed E-state index contributed by atoms with van der Waals surface area (Å²) in [5.74, 6) is 1.19. The number of carbonyl (C=O) groups excluding carboxylic acids is 1. The third-order valence-corrected chi connectivity index (χ3v) is 5.23. The Balaban J connectivity index is 1.42. The van der Waals surface area contributed by atoms with Gasteiger partial charge in [-0.3, -0.25) is 4.79 Å². The monoisotopic (exact) mass is 342 g/mol. The van der Waals surface area contributed by atoms with Gasteiger partial charge in [-0.2, -0.15) is 0 Å². The van der Waals surface area contributed by atoms with E-state index in [-0.39, 0.29) is 17.8 Å². The van der Waals surface area contributed by atoms with E-state index in [1.54, 1.807) is 17.0 Å². The topological polar surface area (TPSA) is 50.2 Å². The number of anilines is 1. The number of benzene rings is 1. The van der Waals surface area contributed by atoms with Crippen LogP contribution in [0.2, 0.25) is 0 Å². The van der Waals surface area contributed by atoms with Crippen molar-refractivity contribution in [2.24, 2.45) is 0 Å². The van der Waals surface area contributed by atoms with Gasteiger partial charge in [0.2, 0.25) is 5.91 Å². The van der Waals surface area contributed by atoms with E-state index in [9.17, 15) is 9.18 Å². The normalized spacial score (nSPS) is 23.6. The van der Waals surface area contributed by atoms with Gasteiger partial charge in [-0.25, -0.2) is 9.37 Å². The number of carbonyl (C=O) groups is 1. The lowest BCUT2D eigenvalue weighted by molar-refractivity contribution is -0.121. The molecule has 5 nitrogen and oxygen atoms in total. The number of aromatic nitrogens is 2. The maximum absolute atomic E-state index is 13.5. The Labute approximate surface area is 146 Å². The van der Waals surface area contributed by atoms with Crippen LogP contribution in [0.3, 0.4) is 0 Å². The number of piperidine rings is 1. The Hall–Kier alpha value is -2.21. The van der Waals surface area contributed by atoms with Crippen molar-refractivity contribution < 1.29 is 9.18 Å². The van der Waals surface area contributed by atoms with Gasteiger partial charge in [-0.1, -0.05) is 6.07 Å². The zero-order valence-electron chi connectivity index (χ0n) is 14.2. The van der Waals surface area contributed by atoms with Gasteiger partial charge in [0.25, 0.3) is 0 Å². The van der Waals surface area contributed by atoms with Crippen molar-refractivity contribution in [1.82, 2.24) is 14.9 Å². The van der Waals surface area contributed by atoms with Gasteiger partial charge in [0.1, 0.15) is 11.6 Å². The van der Waals surface area contributed by atoms with E-state index in [4.69, 9.17) is 0 Å². The van der Waals surface area contributed by atoms with Crippen LogP contribution < -0.4 is 10.2 Å². The minimum Gasteiger partial charge on any atom is -0.335 e. The molecular weight excluding hydrogens is 319 g/mol. The quantitative estimate of drug-likeness (QED) is 0.929. The Kier molecular flexibility index (Phi) is 4.53. The largest absolute Gasteiger partial charge is 0.335 e. The molecule has 4 rings (SSSR count). The summed E-state index contributed by atoms with van der Waals surface area (Å²) in [5, 5.41) is 3.45. The molecule has 3 heterocycles. The Morgan fingerprint density at radius 1 is 1.24 bits per heavy atom. The number of aryl methyl sites for hydroxylation is 1. The lowest BCUT2D eigenvalue weighted by Gasteiger charge is -2.34. The molecule has 2 aromatic rings. The first-order valence-corrected chi connectivity index (χ1v) is 9.04. The minimum atomic E-state index is -0.311. The Morgan fingerprint density at radius 3 is 3.00 bits per heavy atom. The van der Waals surface area contributed by atoms with Gasteiger partial charge >= 0.3 is 0 Å². The lowest BCUT2D eigenvalue weighted by atomic mass is 9.97. The third-order valence-electron chi connectivity index (χ3n) is 5.23. The van der Waals surface area contributed by atoms with E-state index in [1.807, 2.05) is 12.4 Å². The minimum absolute atomic E-state index is 0.0380. The van der Waals surface area contributed by atoms with E-state index in [0.29, 0.717) is 18.2 Å². The van der Waals surface area contributed by atoms with Crippen molar-refractivity contribution in [2.45, 2.75) is 44.2 Å². The summed E-state index contributed by atoms with van der Waals surface area (Å²) in [7, 11) is 0. The van der Waals surface area contributed by atoms with E-state index < -0.39 is 0 Å². The number of rotatable bonds is 4. The molecular formula is C19H23FN4O. The molecule has 0 bridgehead atoms. The molecule has 1 aromatic carbocycles. The molecule has 0 saturated carbocycles. The van der Waals surface area contributed by atoms with E-state index in [2.05, 4.69) is 14.9 Å². The number of halogens is 1. The average molecular weight is 342 g/mol. The molecule has 132 valence electrons. The fraction of sp³-hybridized carbons (Fsp3) is 0.474. The fourth-order valence-corrected chi connectivity index (χ4v) is 3.95. The molecule has 0 aliphatic carbocycles. The van der Waals surface area contributed by atoms with Crippen LogP contribution in [-0.4, -0.2) is 34.6 Å². The summed E-state index contributed by atoms with van der Waals surface area (Å²) in [5.41, 5.74) is 0.643. The van der Waals surface area contributed by atoms with Crippen molar-refractivity contribution >= 4 is 11.6 Å². The van der Waals surface area contributed by atoms with Gasteiger partial charge in [0.05, 0.1) is 6.04 Å². The summed E-state index contributed by atoms with van der Waals surface area (Å²) in [6.07, 6.45) is 7.86. The van der Waals surface area contributed by atoms with Gasteiger partial charge in [-0.05, 0) is 43.9 Å². The van der Waals surface area contributed by atoms with Crippen molar-refractivity contribution in [3.63, 3.8) is 0 Å².